The fourth-order valence-electron chi connectivity index (χ4n) is 1.74. The quantitative estimate of drug-likeness (QED) is 0.896. The zero-order valence-electron chi connectivity index (χ0n) is 12.0. The Morgan fingerprint density at radius 2 is 1.70 bits per heavy atom. The summed E-state index contributed by atoms with van der Waals surface area (Å²) in [6.45, 7) is 1.30. The van der Waals surface area contributed by atoms with Crippen molar-refractivity contribution in [3.63, 3.8) is 0 Å². The first-order chi connectivity index (χ1) is 10.5. The average Bonchev–Trinajstić information content (AvgIpc) is 2.42. The van der Waals surface area contributed by atoms with Gasteiger partial charge in [-0.15, -0.1) is 0 Å². The fraction of sp³-hybridized carbons (Fsp3) is 0.154. The number of rotatable bonds is 4. The van der Waals surface area contributed by atoms with Crippen LogP contribution in [0.1, 0.15) is 5.56 Å². The van der Waals surface area contributed by atoms with Gasteiger partial charge in [-0.25, -0.2) is 30.6 Å². The Morgan fingerprint density at radius 3 is 2.22 bits per heavy atom. The highest BCUT2D eigenvalue weighted by molar-refractivity contribution is 7.92. The molecule has 0 bridgehead atoms. The molecule has 124 valence electrons. The van der Waals surface area contributed by atoms with Crippen molar-refractivity contribution in [3.05, 3.63) is 47.7 Å². The molecule has 23 heavy (non-hydrogen) atoms. The van der Waals surface area contributed by atoms with Crippen LogP contribution in [-0.4, -0.2) is 28.1 Å². The lowest BCUT2D eigenvalue weighted by molar-refractivity contribution is 0.516. The summed E-state index contributed by atoms with van der Waals surface area (Å²) < 4.78 is 76.4. The van der Waals surface area contributed by atoms with Crippen LogP contribution in [0.25, 0.3) is 0 Å². The summed E-state index contributed by atoms with van der Waals surface area (Å²) in [5.41, 5.74) is -0.157. The molecule has 0 fully saturated rings. The van der Waals surface area contributed by atoms with Gasteiger partial charge in [0.25, 0.3) is 10.0 Å². The second kappa shape index (κ2) is 5.85. The van der Waals surface area contributed by atoms with Gasteiger partial charge in [0.1, 0.15) is 11.6 Å². The van der Waals surface area contributed by atoms with Gasteiger partial charge in [-0.1, -0.05) is 6.07 Å². The van der Waals surface area contributed by atoms with Gasteiger partial charge in [0.15, 0.2) is 19.8 Å². The van der Waals surface area contributed by atoms with E-state index < -0.39 is 36.4 Å². The fourth-order valence-corrected chi connectivity index (χ4v) is 3.56. The lowest BCUT2D eigenvalue weighted by atomic mass is 10.2. The normalized spacial score (nSPS) is 12.2. The van der Waals surface area contributed by atoms with Crippen LogP contribution in [0, 0.1) is 18.6 Å². The van der Waals surface area contributed by atoms with Crippen LogP contribution in [0.3, 0.4) is 0 Å². The summed E-state index contributed by atoms with van der Waals surface area (Å²) in [5, 5.41) is -0.256. The number of sulfone groups is 1. The number of aryl methyl sites for hydroxylation is 1. The number of halogens is 2. The Hall–Kier alpha value is -2.07. The van der Waals surface area contributed by atoms with Crippen molar-refractivity contribution in [1.29, 1.82) is 0 Å². The van der Waals surface area contributed by atoms with E-state index in [9.17, 15) is 25.6 Å². The van der Waals surface area contributed by atoms with Gasteiger partial charge in [-0.05, 0) is 30.7 Å². The van der Waals surface area contributed by atoms with Gasteiger partial charge in [0.2, 0.25) is 0 Å². The highest BCUT2D eigenvalue weighted by Gasteiger charge is 2.25. The largest absolute Gasteiger partial charge is 0.278 e. The lowest BCUT2D eigenvalue weighted by Gasteiger charge is -2.11. The lowest BCUT2D eigenvalue weighted by Crippen LogP contribution is -2.17. The second-order valence-corrected chi connectivity index (χ2v) is 8.35. The first kappa shape index (κ1) is 17.3. The molecular formula is C13H12F2N2O4S2. The van der Waals surface area contributed by atoms with Crippen LogP contribution in [0.5, 0.6) is 0 Å². The maximum absolute atomic E-state index is 13.9. The van der Waals surface area contributed by atoms with E-state index in [0.717, 1.165) is 36.7 Å². The van der Waals surface area contributed by atoms with Crippen LogP contribution in [-0.2, 0) is 19.9 Å². The maximum atomic E-state index is 13.9. The third-order valence-electron chi connectivity index (χ3n) is 2.88. The van der Waals surface area contributed by atoms with E-state index in [1.165, 1.54) is 6.92 Å². The molecule has 0 amide bonds. The number of nitrogens with one attached hydrogen (secondary N) is 1. The van der Waals surface area contributed by atoms with E-state index in [-0.39, 0.29) is 16.3 Å². The average molecular weight is 362 g/mol. The first-order valence-electron chi connectivity index (χ1n) is 6.16. The molecule has 1 aromatic carbocycles. The summed E-state index contributed by atoms with van der Waals surface area (Å²) >= 11 is 0. The van der Waals surface area contributed by atoms with Crippen LogP contribution < -0.4 is 4.72 Å². The maximum Gasteiger partial charge on any atom is 0.267 e. The Bertz CT molecular complexity index is 956. The molecule has 0 radical (unpaired) electrons. The molecule has 0 saturated heterocycles. The van der Waals surface area contributed by atoms with Crippen molar-refractivity contribution in [1.82, 2.24) is 4.98 Å². The van der Waals surface area contributed by atoms with Crippen molar-refractivity contribution >= 4 is 25.5 Å². The third kappa shape index (κ3) is 3.64. The molecule has 1 N–H and O–H groups in total. The van der Waals surface area contributed by atoms with Crippen molar-refractivity contribution in [2.45, 2.75) is 16.8 Å². The summed E-state index contributed by atoms with van der Waals surface area (Å²) in [7, 11) is -8.08. The number of hydrogen-bond acceptors (Lipinski definition) is 5. The van der Waals surface area contributed by atoms with Crippen LogP contribution >= 0.6 is 0 Å². The number of hydrogen-bond donors (Lipinski definition) is 1. The summed E-state index contributed by atoms with van der Waals surface area (Å²) in [5.74, 6) is -2.43. The zero-order valence-corrected chi connectivity index (χ0v) is 13.7. The van der Waals surface area contributed by atoms with E-state index in [2.05, 4.69) is 4.98 Å². The van der Waals surface area contributed by atoms with Gasteiger partial charge in [0, 0.05) is 6.26 Å². The van der Waals surface area contributed by atoms with Gasteiger partial charge in [-0.2, -0.15) is 0 Å². The Morgan fingerprint density at radius 1 is 1.04 bits per heavy atom. The number of sulfonamides is 1. The molecule has 6 nitrogen and oxygen atoms in total. The highest BCUT2D eigenvalue weighted by Crippen LogP contribution is 2.24. The molecule has 0 saturated carbocycles. The van der Waals surface area contributed by atoms with E-state index in [1.54, 1.807) is 0 Å². The van der Waals surface area contributed by atoms with Gasteiger partial charge in [-0.3, -0.25) is 4.72 Å². The molecular weight excluding hydrogens is 350 g/mol. The SMILES string of the molecule is Cc1ccc(F)c(S(=O)(=O)Nc2ccc(S(C)(=O)=O)nc2)c1F. The molecule has 0 aliphatic carbocycles. The van der Waals surface area contributed by atoms with Crippen molar-refractivity contribution in [2.75, 3.05) is 11.0 Å². The molecule has 0 unspecified atom stereocenters. The van der Waals surface area contributed by atoms with E-state index >= 15 is 0 Å². The van der Waals surface area contributed by atoms with Crippen molar-refractivity contribution in [3.8, 4) is 0 Å². The molecule has 2 rings (SSSR count). The summed E-state index contributed by atoms with van der Waals surface area (Å²) in [6.07, 6.45) is 1.89. The molecule has 0 atom stereocenters. The zero-order chi connectivity index (χ0) is 17.4. The first-order valence-corrected chi connectivity index (χ1v) is 9.53. The summed E-state index contributed by atoms with van der Waals surface area (Å²) in [6, 6.07) is 4.17. The number of pyridine rings is 1. The van der Waals surface area contributed by atoms with Gasteiger partial charge >= 0.3 is 0 Å². The number of aromatic nitrogens is 1. The van der Waals surface area contributed by atoms with Crippen LogP contribution in [0.15, 0.2) is 40.4 Å². The molecule has 0 aliphatic heterocycles. The summed E-state index contributed by atoms with van der Waals surface area (Å²) in [4.78, 5) is 2.48. The van der Waals surface area contributed by atoms with Gasteiger partial charge in [0.05, 0.1) is 11.9 Å². The van der Waals surface area contributed by atoms with Crippen LogP contribution in [0.2, 0.25) is 0 Å². The molecule has 0 spiro atoms. The molecule has 1 aromatic heterocycles. The minimum absolute atomic E-state index is 0.0303. The molecule has 2 aromatic rings. The molecule has 1 heterocycles. The van der Waals surface area contributed by atoms with E-state index in [0.29, 0.717) is 0 Å². The predicted octanol–water partition coefficient (Wildman–Crippen LogP) is 1.87. The van der Waals surface area contributed by atoms with E-state index in [1.807, 2.05) is 4.72 Å². The van der Waals surface area contributed by atoms with E-state index in [4.69, 9.17) is 0 Å². The highest BCUT2D eigenvalue weighted by atomic mass is 32.2. The molecule has 10 heteroatoms. The predicted molar refractivity (Wildman–Crippen MR) is 79.3 cm³/mol. The Balaban J connectivity index is 2.42. The molecule has 0 aliphatic rings. The smallest absolute Gasteiger partial charge is 0.267 e. The monoisotopic (exact) mass is 362 g/mol. The van der Waals surface area contributed by atoms with Gasteiger partial charge < -0.3 is 0 Å². The Labute approximate surface area is 132 Å². The number of anilines is 1. The number of nitrogens with zero attached hydrogens (tertiary/aromatic N) is 1. The topological polar surface area (TPSA) is 93.2 Å². The van der Waals surface area contributed by atoms with Crippen molar-refractivity contribution < 1.29 is 25.6 Å². The number of benzene rings is 1. The third-order valence-corrected chi connectivity index (χ3v) is 5.30. The minimum atomic E-state index is -4.53. The van der Waals surface area contributed by atoms with Crippen LogP contribution in [0.4, 0.5) is 14.5 Å². The second-order valence-electron chi connectivity index (χ2n) is 4.77. The standard InChI is InChI=1S/C13H12F2N2O4S2/c1-8-3-5-10(14)13(12(8)15)23(20,21)17-9-4-6-11(16-7-9)22(2,18)19/h3-7,17H,1-2H3. The minimum Gasteiger partial charge on any atom is -0.278 e. The van der Waals surface area contributed by atoms with Crippen molar-refractivity contribution in [2.24, 2.45) is 0 Å². The Kier molecular flexibility index (Phi) is 4.40.